The minimum atomic E-state index is -0.0674. The van der Waals surface area contributed by atoms with Gasteiger partial charge in [0.2, 0.25) is 5.95 Å². The van der Waals surface area contributed by atoms with Gasteiger partial charge in [-0.2, -0.15) is 5.10 Å². The van der Waals surface area contributed by atoms with Crippen molar-refractivity contribution in [2.45, 2.75) is 13.0 Å². The van der Waals surface area contributed by atoms with E-state index in [2.05, 4.69) is 30.9 Å². The number of anilines is 1. The zero-order chi connectivity index (χ0) is 20.4. The molecule has 7 nitrogen and oxygen atoms in total. The molecular weight excluding hydrogens is 452 g/mol. The maximum Gasteiger partial charge on any atom is 0.261 e. The van der Waals surface area contributed by atoms with Gasteiger partial charge in [0.1, 0.15) is 10.3 Å². The number of carbonyl (C=O) groups is 1. The molecule has 0 aliphatic heterocycles. The second-order valence-corrected chi connectivity index (χ2v) is 8.74. The molecule has 4 aromatic rings. The van der Waals surface area contributed by atoms with Crippen molar-refractivity contribution < 1.29 is 4.79 Å². The summed E-state index contributed by atoms with van der Waals surface area (Å²) in [6.45, 7) is 1.38. The minimum absolute atomic E-state index is 0.0674. The maximum absolute atomic E-state index is 12.6. The molecule has 1 amide bonds. The van der Waals surface area contributed by atoms with Crippen molar-refractivity contribution in [3.63, 3.8) is 0 Å². The van der Waals surface area contributed by atoms with Crippen LogP contribution in [0.1, 0.15) is 16.1 Å². The zero-order valence-corrected chi connectivity index (χ0v) is 18.6. The summed E-state index contributed by atoms with van der Waals surface area (Å²) in [6, 6.07) is 11.8. The Labute approximate surface area is 181 Å². The lowest BCUT2D eigenvalue weighted by molar-refractivity contribution is 0.0956. The van der Waals surface area contributed by atoms with Gasteiger partial charge >= 0.3 is 0 Å². The van der Waals surface area contributed by atoms with Crippen LogP contribution in [-0.4, -0.2) is 45.9 Å². The summed E-state index contributed by atoms with van der Waals surface area (Å²) in [4.78, 5) is 20.9. The van der Waals surface area contributed by atoms with Crippen molar-refractivity contribution in [3.8, 4) is 5.69 Å². The number of nitrogens with one attached hydrogen (secondary N) is 1. The molecule has 0 unspecified atom stereocenters. The molecule has 0 saturated heterocycles. The van der Waals surface area contributed by atoms with E-state index < -0.39 is 0 Å². The third-order valence-electron chi connectivity index (χ3n) is 4.43. The fraction of sp³-hybridized carbons (Fsp3) is 0.250. The summed E-state index contributed by atoms with van der Waals surface area (Å²) in [5.41, 5.74) is 1.83. The minimum Gasteiger partial charge on any atom is -0.351 e. The second-order valence-electron chi connectivity index (χ2n) is 6.80. The Hall–Kier alpha value is -2.65. The van der Waals surface area contributed by atoms with Gasteiger partial charge in [-0.05, 0) is 42.8 Å². The van der Waals surface area contributed by atoms with Gasteiger partial charge in [-0.1, -0.05) is 15.9 Å². The number of aromatic nitrogens is 4. The molecule has 1 N–H and O–H groups in total. The fourth-order valence-corrected chi connectivity index (χ4v) is 4.35. The van der Waals surface area contributed by atoms with Gasteiger partial charge in [-0.15, -0.1) is 11.3 Å². The predicted octanol–water partition coefficient (Wildman–Crippen LogP) is 3.93. The Balaban J connectivity index is 1.54. The van der Waals surface area contributed by atoms with E-state index in [4.69, 9.17) is 4.98 Å². The molecule has 150 valence electrons. The van der Waals surface area contributed by atoms with Crippen LogP contribution in [0.15, 0.2) is 53.3 Å². The van der Waals surface area contributed by atoms with Crippen LogP contribution in [0.3, 0.4) is 0 Å². The number of thiophene rings is 1. The number of amides is 1. The number of benzene rings is 1. The lowest BCUT2D eigenvalue weighted by atomic mass is 10.3. The van der Waals surface area contributed by atoms with Crippen LogP contribution in [0.5, 0.6) is 0 Å². The Morgan fingerprint density at radius 2 is 2.07 bits per heavy atom. The Morgan fingerprint density at radius 1 is 1.28 bits per heavy atom. The number of hydrogen-bond acceptors (Lipinski definition) is 5. The summed E-state index contributed by atoms with van der Waals surface area (Å²) in [6.07, 6.45) is 4.50. The van der Waals surface area contributed by atoms with Gasteiger partial charge < -0.3 is 10.2 Å². The third kappa shape index (κ3) is 4.20. The first kappa shape index (κ1) is 19.7. The average Bonchev–Trinajstić information content (AvgIpc) is 3.41. The van der Waals surface area contributed by atoms with Crippen molar-refractivity contribution in [2.75, 3.05) is 25.5 Å². The van der Waals surface area contributed by atoms with Crippen LogP contribution < -0.4 is 10.2 Å². The van der Waals surface area contributed by atoms with Gasteiger partial charge in [0.25, 0.3) is 5.91 Å². The smallest absolute Gasteiger partial charge is 0.261 e. The van der Waals surface area contributed by atoms with Crippen LogP contribution in [0.2, 0.25) is 0 Å². The number of aryl methyl sites for hydroxylation is 1. The molecule has 0 aliphatic carbocycles. The maximum atomic E-state index is 12.6. The van der Waals surface area contributed by atoms with E-state index in [9.17, 15) is 4.79 Å². The molecule has 0 aliphatic rings. The van der Waals surface area contributed by atoms with Crippen molar-refractivity contribution in [1.82, 2.24) is 24.6 Å². The number of fused-ring (bicyclic) bond motifs is 1. The lowest BCUT2D eigenvalue weighted by Gasteiger charge is -2.14. The van der Waals surface area contributed by atoms with E-state index in [1.807, 2.05) is 66.3 Å². The molecule has 0 saturated carbocycles. The molecule has 9 heteroatoms. The van der Waals surface area contributed by atoms with E-state index in [0.29, 0.717) is 11.4 Å². The number of nitrogens with zero attached hydrogens (tertiary/aromatic N) is 5. The van der Waals surface area contributed by atoms with Crippen LogP contribution >= 0.6 is 27.3 Å². The van der Waals surface area contributed by atoms with Crippen molar-refractivity contribution in [3.05, 3.63) is 58.1 Å². The topological polar surface area (TPSA) is 68.0 Å². The molecule has 0 radical (unpaired) electrons. The van der Waals surface area contributed by atoms with Crippen molar-refractivity contribution >= 4 is 49.5 Å². The standard InChI is InChI=1S/C20H21BrN6OS/c1-25(2)20-24-16-13-17(18(28)22-9-3-11-26-12-4-10-23-26)29-19(16)27(20)15-7-5-14(21)6-8-15/h4-8,10,12-13H,3,9,11H2,1-2H3,(H,22,28). The van der Waals surface area contributed by atoms with Crippen molar-refractivity contribution in [1.29, 1.82) is 0 Å². The lowest BCUT2D eigenvalue weighted by Crippen LogP contribution is -2.24. The van der Waals surface area contributed by atoms with E-state index >= 15 is 0 Å². The molecule has 3 heterocycles. The average molecular weight is 473 g/mol. The normalized spacial score (nSPS) is 11.1. The first-order valence-electron chi connectivity index (χ1n) is 9.24. The SMILES string of the molecule is CN(C)c1nc2cc(C(=O)NCCCn3cccn3)sc2n1-c1ccc(Br)cc1. The summed E-state index contributed by atoms with van der Waals surface area (Å²) < 4.78 is 4.96. The predicted molar refractivity (Wildman–Crippen MR) is 120 cm³/mol. The van der Waals surface area contributed by atoms with Gasteiger partial charge in [0.15, 0.2) is 0 Å². The Kier molecular flexibility index (Phi) is 5.68. The Morgan fingerprint density at radius 3 is 2.76 bits per heavy atom. The molecule has 0 atom stereocenters. The van der Waals surface area contributed by atoms with Crippen LogP contribution in [0, 0.1) is 0 Å². The molecule has 1 aromatic carbocycles. The molecule has 29 heavy (non-hydrogen) atoms. The quantitative estimate of drug-likeness (QED) is 0.413. The number of rotatable bonds is 7. The van der Waals surface area contributed by atoms with E-state index in [1.165, 1.54) is 11.3 Å². The molecular formula is C20H21BrN6OS. The Bertz CT molecular complexity index is 1110. The van der Waals surface area contributed by atoms with Gasteiger partial charge in [-0.3, -0.25) is 14.0 Å². The number of hydrogen-bond donors (Lipinski definition) is 1. The summed E-state index contributed by atoms with van der Waals surface area (Å²) in [5, 5.41) is 7.16. The molecule has 0 bridgehead atoms. The van der Waals surface area contributed by atoms with E-state index in [-0.39, 0.29) is 5.91 Å². The highest BCUT2D eigenvalue weighted by atomic mass is 79.9. The molecule has 4 rings (SSSR count). The van der Waals surface area contributed by atoms with Gasteiger partial charge in [-0.25, -0.2) is 4.98 Å². The van der Waals surface area contributed by atoms with E-state index in [0.717, 1.165) is 39.4 Å². The van der Waals surface area contributed by atoms with Gasteiger partial charge in [0.05, 0.1) is 4.88 Å². The molecule has 3 aromatic heterocycles. The first-order valence-corrected chi connectivity index (χ1v) is 10.8. The molecule has 0 fully saturated rings. The fourth-order valence-electron chi connectivity index (χ4n) is 3.06. The van der Waals surface area contributed by atoms with Crippen LogP contribution in [0.4, 0.5) is 5.95 Å². The monoisotopic (exact) mass is 472 g/mol. The first-order chi connectivity index (χ1) is 14.0. The van der Waals surface area contributed by atoms with Crippen LogP contribution in [0.25, 0.3) is 16.0 Å². The third-order valence-corrected chi connectivity index (χ3v) is 6.07. The summed E-state index contributed by atoms with van der Waals surface area (Å²) in [5.74, 6) is 0.766. The van der Waals surface area contributed by atoms with Crippen LogP contribution in [-0.2, 0) is 6.54 Å². The highest BCUT2D eigenvalue weighted by molar-refractivity contribution is 9.10. The van der Waals surface area contributed by atoms with Gasteiger partial charge in [0, 0.05) is 49.7 Å². The van der Waals surface area contributed by atoms with Crippen molar-refractivity contribution in [2.24, 2.45) is 0 Å². The highest BCUT2D eigenvalue weighted by Gasteiger charge is 2.19. The zero-order valence-electron chi connectivity index (χ0n) is 16.2. The largest absolute Gasteiger partial charge is 0.351 e. The highest BCUT2D eigenvalue weighted by Crippen LogP contribution is 2.33. The van der Waals surface area contributed by atoms with E-state index in [1.54, 1.807) is 6.20 Å². The number of halogens is 1. The number of carbonyl (C=O) groups excluding carboxylic acids is 1. The second kappa shape index (κ2) is 8.38. The summed E-state index contributed by atoms with van der Waals surface area (Å²) >= 11 is 4.94. The number of imidazole rings is 1. The molecule has 0 spiro atoms. The summed E-state index contributed by atoms with van der Waals surface area (Å²) in [7, 11) is 3.93.